The topological polar surface area (TPSA) is 54.5 Å². The van der Waals surface area contributed by atoms with Crippen LogP contribution in [0.1, 0.15) is 29.7 Å². The molecule has 1 aliphatic rings. The highest BCUT2D eigenvalue weighted by Gasteiger charge is 2.49. The van der Waals surface area contributed by atoms with Gasteiger partial charge in [-0.2, -0.15) is 0 Å². The zero-order valence-electron chi connectivity index (χ0n) is 17.3. The van der Waals surface area contributed by atoms with Gasteiger partial charge in [0, 0.05) is 25.4 Å². The Balaban J connectivity index is 1.61. The fraction of sp³-hybridized carbons (Fsp3) is 0.280. The lowest BCUT2D eigenvalue weighted by molar-refractivity contribution is -0.132. The van der Waals surface area contributed by atoms with Crippen molar-refractivity contribution in [2.24, 2.45) is 0 Å². The molecule has 1 atom stereocenters. The van der Waals surface area contributed by atoms with Gasteiger partial charge in [0.1, 0.15) is 17.9 Å². The van der Waals surface area contributed by atoms with E-state index in [2.05, 4.69) is 33.4 Å². The van der Waals surface area contributed by atoms with Crippen LogP contribution in [0.5, 0.6) is 5.75 Å². The van der Waals surface area contributed by atoms with Crippen molar-refractivity contribution in [3.05, 3.63) is 95.8 Å². The summed E-state index contributed by atoms with van der Waals surface area (Å²) in [6.07, 6.45) is 3.45. The number of hydrogen-bond acceptors (Lipinski definition) is 4. The molecule has 2 aromatic carbocycles. The van der Waals surface area contributed by atoms with E-state index in [-0.39, 0.29) is 5.91 Å². The number of carbonyl (C=O) groups is 1. The van der Waals surface area contributed by atoms with Crippen LogP contribution in [0.25, 0.3) is 0 Å². The van der Waals surface area contributed by atoms with Crippen molar-refractivity contribution in [3.8, 4) is 5.75 Å². The number of benzene rings is 2. The maximum Gasteiger partial charge on any atom is 0.246 e. The van der Waals surface area contributed by atoms with Crippen LogP contribution in [0, 0.1) is 0 Å². The Hall–Kier alpha value is -3.18. The molecule has 5 heteroatoms. The monoisotopic (exact) mass is 401 g/mol. The van der Waals surface area contributed by atoms with Gasteiger partial charge in [-0.15, -0.1) is 0 Å². The zero-order valence-corrected chi connectivity index (χ0v) is 17.3. The highest BCUT2D eigenvalue weighted by atomic mass is 16.5. The lowest BCUT2D eigenvalue weighted by Crippen LogP contribution is -2.52. The van der Waals surface area contributed by atoms with Gasteiger partial charge in [-0.25, -0.2) is 0 Å². The van der Waals surface area contributed by atoms with E-state index in [0.29, 0.717) is 13.2 Å². The SMILES string of the molecule is CNC(=O)C1(c2ccccn2)CCCN1Cc1ccccc1OCc1ccccc1. The fourth-order valence-electron chi connectivity index (χ4n) is 4.28. The molecule has 0 bridgehead atoms. The number of hydrogen-bond donors (Lipinski definition) is 1. The molecule has 3 aromatic rings. The number of aromatic nitrogens is 1. The molecule has 1 amide bonds. The number of likely N-dealkylation sites (tertiary alicyclic amines) is 1. The van der Waals surface area contributed by atoms with E-state index in [4.69, 9.17) is 4.74 Å². The third-order valence-corrected chi connectivity index (χ3v) is 5.77. The largest absolute Gasteiger partial charge is 0.489 e. The summed E-state index contributed by atoms with van der Waals surface area (Å²) < 4.78 is 6.15. The average molecular weight is 402 g/mol. The smallest absolute Gasteiger partial charge is 0.246 e. The number of nitrogens with one attached hydrogen (secondary N) is 1. The minimum atomic E-state index is -0.761. The third kappa shape index (κ3) is 3.94. The number of likely N-dealkylation sites (N-methyl/N-ethyl adjacent to an activating group) is 1. The molecule has 2 heterocycles. The molecule has 0 spiro atoms. The Labute approximate surface area is 177 Å². The van der Waals surface area contributed by atoms with E-state index >= 15 is 0 Å². The van der Waals surface area contributed by atoms with Gasteiger partial charge in [-0.1, -0.05) is 54.6 Å². The van der Waals surface area contributed by atoms with Crippen molar-refractivity contribution in [1.29, 1.82) is 0 Å². The number of nitrogens with zero attached hydrogens (tertiary/aromatic N) is 2. The van der Waals surface area contributed by atoms with Gasteiger partial charge in [-0.05, 0) is 43.1 Å². The molecule has 0 saturated carbocycles. The van der Waals surface area contributed by atoms with E-state index < -0.39 is 5.54 Å². The zero-order chi connectivity index (χ0) is 20.8. The molecule has 0 aliphatic carbocycles. The average Bonchev–Trinajstić information content (AvgIpc) is 3.23. The highest BCUT2D eigenvalue weighted by Crippen LogP contribution is 2.40. The van der Waals surface area contributed by atoms with Gasteiger partial charge in [0.05, 0.1) is 5.69 Å². The predicted octanol–water partition coefficient (Wildman–Crippen LogP) is 3.90. The summed E-state index contributed by atoms with van der Waals surface area (Å²) in [6, 6.07) is 24.0. The minimum Gasteiger partial charge on any atom is -0.489 e. The molecule has 1 saturated heterocycles. The number of para-hydroxylation sites is 1. The third-order valence-electron chi connectivity index (χ3n) is 5.77. The number of ether oxygens (including phenoxy) is 1. The van der Waals surface area contributed by atoms with Crippen molar-refractivity contribution in [1.82, 2.24) is 15.2 Å². The predicted molar refractivity (Wildman–Crippen MR) is 117 cm³/mol. The summed E-state index contributed by atoms with van der Waals surface area (Å²) in [7, 11) is 1.69. The van der Waals surface area contributed by atoms with Crippen LogP contribution >= 0.6 is 0 Å². The van der Waals surface area contributed by atoms with Crippen LogP contribution in [0.2, 0.25) is 0 Å². The summed E-state index contributed by atoms with van der Waals surface area (Å²) >= 11 is 0. The van der Waals surface area contributed by atoms with Crippen LogP contribution in [-0.2, 0) is 23.5 Å². The Kier molecular flexibility index (Phi) is 6.10. The Morgan fingerprint density at radius 2 is 1.83 bits per heavy atom. The quantitative estimate of drug-likeness (QED) is 0.652. The van der Waals surface area contributed by atoms with E-state index in [1.54, 1.807) is 13.2 Å². The summed E-state index contributed by atoms with van der Waals surface area (Å²) in [4.78, 5) is 19.9. The number of rotatable bonds is 7. The van der Waals surface area contributed by atoms with Gasteiger partial charge in [-0.3, -0.25) is 14.7 Å². The summed E-state index contributed by atoms with van der Waals surface area (Å²) in [5, 5.41) is 2.87. The van der Waals surface area contributed by atoms with Crippen molar-refractivity contribution in [2.75, 3.05) is 13.6 Å². The molecule has 1 unspecified atom stereocenters. The first-order valence-corrected chi connectivity index (χ1v) is 10.4. The van der Waals surface area contributed by atoms with Crippen LogP contribution in [0.3, 0.4) is 0 Å². The van der Waals surface area contributed by atoms with E-state index in [1.165, 1.54) is 0 Å². The lowest BCUT2D eigenvalue weighted by Gasteiger charge is -2.36. The molecule has 154 valence electrons. The van der Waals surface area contributed by atoms with Crippen LogP contribution in [0.4, 0.5) is 0 Å². The molecule has 1 N–H and O–H groups in total. The highest BCUT2D eigenvalue weighted by molar-refractivity contribution is 5.87. The van der Waals surface area contributed by atoms with Crippen molar-refractivity contribution in [3.63, 3.8) is 0 Å². The van der Waals surface area contributed by atoms with Crippen molar-refractivity contribution in [2.45, 2.75) is 31.5 Å². The minimum absolute atomic E-state index is 0.0126. The Morgan fingerprint density at radius 3 is 2.60 bits per heavy atom. The standard InChI is InChI=1S/C25H27N3O2/c1-26-24(29)25(23-14-7-8-16-27-23)15-9-17-28(25)18-21-12-5-6-13-22(21)30-19-20-10-3-2-4-11-20/h2-8,10-14,16H,9,15,17-19H2,1H3,(H,26,29). The first-order valence-electron chi connectivity index (χ1n) is 10.4. The lowest BCUT2D eigenvalue weighted by atomic mass is 9.89. The van der Waals surface area contributed by atoms with Gasteiger partial charge in [0.2, 0.25) is 5.91 Å². The van der Waals surface area contributed by atoms with Crippen molar-refractivity contribution < 1.29 is 9.53 Å². The summed E-state index contributed by atoms with van der Waals surface area (Å²) in [5.74, 6) is 0.835. The first kappa shape index (κ1) is 20.1. The molecule has 4 rings (SSSR count). The summed E-state index contributed by atoms with van der Waals surface area (Å²) in [5.41, 5.74) is 2.23. The Bertz CT molecular complexity index is 978. The van der Waals surface area contributed by atoms with E-state index in [9.17, 15) is 4.79 Å². The molecule has 1 aliphatic heterocycles. The first-order chi connectivity index (χ1) is 14.7. The van der Waals surface area contributed by atoms with Gasteiger partial charge < -0.3 is 10.1 Å². The molecule has 5 nitrogen and oxygen atoms in total. The van der Waals surface area contributed by atoms with Crippen LogP contribution in [0.15, 0.2) is 79.0 Å². The number of amides is 1. The van der Waals surface area contributed by atoms with Gasteiger partial charge in [0.15, 0.2) is 0 Å². The van der Waals surface area contributed by atoms with E-state index in [1.807, 2.05) is 54.6 Å². The molecule has 30 heavy (non-hydrogen) atoms. The van der Waals surface area contributed by atoms with Crippen molar-refractivity contribution >= 4 is 5.91 Å². The van der Waals surface area contributed by atoms with Crippen LogP contribution < -0.4 is 10.1 Å². The van der Waals surface area contributed by atoms with Gasteiger partial charge in [0.25, 0.3) is 0 Å². The molecular formula is C25H27N3O2. The second-order valence-corrected chi connectivity index (χ2v) is 7.56. The molecule has 1 aromatic heterocycles. The fourth-order valence-corrected chi connectivity index (χ4v) is 4.28. The molecule has 0 radical (unpaired) electrons. The Morgan fingerprint density at radius 1 is 1.07 bits per heavy atom. The van der Waals surface area contributed by atoms with Gasteiger partial charge >= 0.3 is 0 Å². The van der Waals surface area contributed by atoms with E-state index in [0.717, 1.165) is 42.0 Å². The maximum atomic E-state index is 13.1. The summed E-state index contributed by atoms with van der Waals surface area (Å²) in [6.45, 7) is 1.96. The second kappa shape index (κ2) is 9.09. The second-order valence-electron chi connectivity index (χ2n) is 7.56. The molecular weight excluding hydrogens is 374 g/mol. The number of carbonyl (C=O) groups excluding carboxylic acids is 1. The normalized spacial score (nSPS) is 18.8. The molecule has 1 fully saturated rings. The maximum absolute atomic E-state index is 13.1. The van der Waals surface area contributed by atoms with Crippen LogP contribution in [-0.4, -0.2) is 29.4 Å². The number of pyridine rings is 1.